The number of carboxylic acids is 1. The molecule has 94 valence electrons. The van der Waals surface area contributed by atoms with Gasteiger partial charge in [-0.25, -0.2) is 9.59 Å². The van der Waals surface area contributed by atoms with Gasteiger partial charge in [-0.15, -0.1) is 0 Å². The number of esters is 1. The number of hydrogen-bond donors (Lipinski definition) is 1. The van der Waals surface area contributed by atoms with Gasteiger partial charge >= 0.3 is 11.9 Å². The monoisotopic (exact) mass is 240 g/mol. The fraction of sp³-hybridized carbons (Fsp3) is 0.545. The Morgan fingerprint density at radius 2 is 2.18 bits per heavy atom. The average Bonchev–Trinajstić information content (AvgIpc) is 2.61. The van der Waals surface area contributed by atoms with E-state index in [2.05, 4.69) is 5.10 Å². The van der Waals surface area contributed by atoms with Gasteiger partial charge in [-0.2, -0.15) is 5.10 Å². The molecule has 0 bridgehead atoms. The molecule has 6 nitrogen and oxygen atoms in total. The van der Waals surface area contributed by atoms with E-state index in [9.17, 15) is 9.59 Å². The van der Waals surface area contributed by atoms with Crippen LogP contribution in [0.25, 0.3) is 0 Å². The van der Waals surface area contributed by atoms with Crippen molar-refractivity contribution in [2.24, 2.45) is 5.92 Å². The van der Waals surface area contributed by atoms with E-state index in [-0.39, 0.29) is 23.9 Å². The summed E-state index contributed by atoms with van der Waals surface area (Å²) in [7, 11) is 0. The summed E-state index contributed by atoms with van der Waals surface area (Å²) in [4.78, 5) is 22.4. The first kappa shape index (κ1) is 13.2. The van der Waals surface area contributed by atoms with Gasteiger partial charge < -0.3 is 9.84 Å². The Morgan fingerprint density at radius 3 is 2.65 bits per heavy atom. The third-order valence-electron chi connectivity index (χ3n) is 2.02. The van der Waals surface area contributed by atoms with Crippen LogP contribution in [0.2, 0.25) is 0 Å². The maximum absolute atomic E-state index is 11.6. The lowest BCUT2D eigenvalue weighted by atomic mass is 10.2. The maximum Gasteiger partial charge on any atom is 0.356 e. The fourth-order valence-electron chi connectivity index (χ4n) is 1.38. The molecule has 1 rings (SSSR count). The Hall–Kier alpha value is -1.85. The Labute approximate surface area is 99.2 Å². The van der Waals surface area contributed by atoms with Crippen LogP contribution in [0.1, 0.15) is 41.7 Å². The summed E-state index contributed by atoms with van der Waals surface area (Å²) in [5.74, 6) is -1.45. The Bertz CT molecular complexity index is 423. The van der Waals surface area contributed by atoms with Crippen LogP contribution in [-0.2, 0) is 11.3 Å². The molecule has 1 aromatic heterocycles. The topological polar surface area (TPSA) is 81.4 Å². The molecule has 1 N–H and O–H groups in total. The zero-order chi connectivity index (χ0) is 13.0. The molecule has 0 fully saturated rings. The van der Waals surface area contributed by atoms with Crippen molar-refractivity contribution in [1.29, 1.82) is 0 Å². The van der Waals surface area contributed by atoms with Crippen LogP contribution in [0, 0.1) is 5.92 Å². The molecule has 1 heterocycles. The number of nitrogens with zero attached hydrogens (tertiary/aromatic N) is 2. The van der Waals surface area contributed by atoms with Crippen molar-refractivity contribution >= 4 is 11.9 Å². The van der Waals surface area contributed by atoms with Crippen LogP contribution in [0.3, 0.4) is 0 Å². The minimum absolute atomic E-state index is 0.145. The van der Waals surface area contributed by atoms with Gasteiger partial charge in [0.1, 0.15) is 5.69 Å². The molecule has 0 saturated carbocycles. The maximum atomic E-state index is 11.6. The SMILES string of the molecule is CCOC(=O)c1cc(C(=O)O)nn1CC(C)C. The number of aromatic nitrogens is 2. The Morgan fingerprint density at radius 1 is 1.53 bits per heavy atom. The van der Waals surface area contributed by atoms with Crippen LogP contribution in [-0.4, -0.2) is 33.4 Å². The van der Waals surface area contributed by atoms with E-state index in [1.165, 1.54) is 10.7 Å². The Balaban J connectivity index is 3.07. The molecule has 0 spiro atoms. The number of aromatic carboxylic acids is 1. The highest BCUT2D eigenvalue weighted by Gasteiger charge is 2.19. The number of carbonyl (C=O) groups is 2. The molecule has 0 atom stereocenters. The third kappa shape index (κ3) is 3.30. The molecule has 0 aliphatic carbocycles. The number of hydrogen-bond acceptors (Lipinski definition) is 4. The van der Waals surface area contributed by atoms with E-state index in [4.69, 9.17) is 9.84 Å². The number of carboxylic acid groups (broad SMARTS) is 1. The van der Waals surface area contributed by atoms with Crippen molar-refractivity contribution in [3.8, 4) is 0 Å². The highest BCUT2D eigenvalue weighted by atomic mass is 16.5. The van der Waals surface area contributed by atoms with Crippen LogP contribution < -0.4 is 0 Å². The summed E-state index contributed by atoms with van der Waals surface area (Å²) in [6, 6.07) is 1.24. The standard InChI is InChI=1S/C11H16N2O4/c1-4-17-11(16)9-5-8(10(14)15)12-13(9)6-7(2)3/h5,7H,4,6H2,1-3H3,(H,14,15). The summed E-state index contributed by atoms with van der Waals surface area (Å²) in [5, 5.41) is 12.7. The number of ether oxygens (including phenoxy) is 1. The minimum Gasteiger partial charge on any atom is -0.476 e. The second-order valence-electron chi connectivity index (χ2n) is 4.02. The Kier molecular flexibility index (Phi) is 4.25. The number of rotatable bonds is 5. The van der Waals surface area contributed by atoms with Gasteiger partial charge in [-0.3, -0.25) is 4.68 Å². The highest BCUT2D eigenvalue weighted by molar-refractivity contribution is 5.92. The van der Waals surface area contributed by atoms with Crippen LogP contribution in [0.15, 0.2) is 6.07 Å². The predicted molar refractivity (Wildman–Crippen MR) is 60.0 cm³/mol. The summed E-state index contributed by atoms with van der Waals surface area (Å²) in [6.07, 6.45) is 0. The molecular formula is C11H16N2O4. The molecule has 0 aliphatic rings. The quantitative estimate of drug-likeness (QED) is 0.787. The van der Waals surface area contributed by atoms with E-state index in [1.807, 2.05) is 13.8 Å². The lowest BCUT2D eigenvalue weighted by Gasteiger charge is -2.08. The van der Waals surface area contributed by atoms with Gasteiger partial charge in [0.05, 0.1) is 6.61 Å². The average molecular weight is 240 g/mol. The smallest absolute Gasteiger partial charge is 0.356 e. The van der Waals surface area contributed by atoms with Crippen LogP contribution in [0.4, 0.5) is 0 Å². The molecule has 0 unspecified atom stereocenters. The van der Waals surface area contributed by atoms with E-state index >= 15 is 0 Å². The molecule has 0 amide bonds. The summed E-state index contributed by atoms with van der Waals surface area (Å²) >= 11 is 0. The minimum atomic E-state index is -1.15. The molecule has 1 aromatic rings. The highest BCUT2D eigenvalue weighted by Crippen LogP contribution is 2.09. The van der Waals surface area contributed by atoms with E-state index in [1.54, 1.807) is 6.92 Å². The largest absolute Gasteiger partial charge is 0.476 e. The summed E-state index contributed by atoms with van der Waals surface area (Å²) in [5.41, 5.74) is 0.0339. The van der Waals surface area contributed by atoms with Gasteiger partial charge in [-0.05, 0) is 12.8 Å². The van der Waals surface area contributed by atoms with Gasteiger partial charge in [0.15, 0.2) is 5.69 Å². The van der Waals surface area contributed by atoms with Crippen molar-refractivity contribution in [2.45, 2.75) is 27.3 Å². The molecule has 6 heteroatoms. The first-order valence-corrected chi connectivity index (χ1v) is 5.44. The van der Waals surface area contributed by atoms with E-state index in [0.29, 0.717) is 6.54 Å². The zero-order valence-electron chi connectivity index (χ0n) is 10.1. The zero-order valence-corrected chi connectivity index (χ0v) is 10.1. The second kappa shape index (κ2) is 5.47. The molecule has 0 saturated heterocycles. The first-order chi connectivity index (χ1) is 7.95. The van der Waals surface area contributed by atoms with Crippen LogP contribution >= 0.6 is 0 Å². The summed E-state index contributed by atoms with van der Waals surface area (Å²) < 4.78 is 6.23. The van der Waals surface area contributed by atoms with Crippen molar-refractivity contribution in [3.05, 3.63) is 17.5 Å². The van der Waals surface area contributed by atoms with Gasteiger partial charge in [0.25, 0.3) is 0 Å². The van der Waals surface area contributed by atoms with Crippen LogP contribution in [0.5, 0.6) is 0 Å². The summed E-state index contributed by atoms with van der Waals surface area (Å²) in [6.45, 7) is 6.32. The van der Waals surface area contributed by atoms with Crippen molar-refractivity contribution < 1.29 is 19.4 Å². The first-order valence-electron chi connectivity index (χ1n) is 5.44. The molecule has 0 aromatic carbocycles. The molecule has 17 heavy (non-hydrogen) atoms. The van der Waals surface area contributed by atoms with E-state index in [0.717, 1.165) is 0 Å². The fourth-order valence-corrected chi connectivity index (χ4v) is 1.38. The van der Waals surface area contributed by atoms with Crippen molar-refractivity contribution in [2.75, 3.05) is 6.61 Å². The second-order valence-corrected chi connectivity index (χ2v) is 4.02. The van der Waals surface area contributed by atoms with Gasteiger partial charge in [0.2, 0.25) is 0 Å². The van der Waals surface area contributed by atoms with Gasteiger partial charge in [-0.1, -0.05) is 13.8 Å². The number of carbonyl (C=O) groups excluding carboxylic acids is 1. The molecule has 0 aliphatic heterocycles. The third-order valence-corrected chi connectivity index (χ3v) is 2.02. The normalized spacial score (nSPS) is 10.6. The molecule has 0 radical (unpaired) electrons. The van der Waals surface area contributed by atoms with Crippen molar-refractivity contribution in [3.63, 3.8) is 0 Å². The molecular weight excluding hydrogens is 224 g/mol. The lowest BCUT2D eigenvalue weighted by Crippen LogP contribution is -2.16. The lowest BCUT2D eigenvalue weighted by molar-refractivity contribution is 0.0510. The predicted octanol–water partition coefficient (Wildman–Crippen LogP) is 1.41. The van der Waals surface area contributed by atoms with E-state index < -0.39 is 11.9 Å². The van der Waals surface area contributed by atoms with Gasteiger partial charge in [0, 0.05) is 12.6 Å². The van der Waals surface area contributed by atoms with Crippen molar-refractivity contribution in [1.82, 2.24) is 9.78 Å².